The number of thiophene rings is 1. The van der Waals surface area contributed by atoms with Crippen LogP contribution in [0.4, 0.5) is 0 Å². The Hall–Kier alpha value is -1.39. The summed E-state index contributed by atoms with van der Waals surface area (Å²) in [5.41, 5.74) is 0.918. The molecule has 0 spiro atoms. The molecule has 108 valence electrons. The molecule has 3 nitrogen and oxygen atoms in total. The third-order valence-electron chi connectivity index (χ3n) is 3.51. The minimum atomic E-state index is -0.829. The molecule has 0 aliphatic carbocycles. The van der Waals surface area contributed by atoms with Crippen molar-refractivity contribution in [2.24, 2.45) is 0 Å². The van der Waals surface area contributed by atoms with Crippen molar-refractivity contribution in [3.63, 3.8) is 0 Å². The maximum Gasteiger partial charge on any atom is 0.346 e. The predicted molar refractivity (Wildman–Crippen MR) is 84.6 cm³/mol. The normalized spacial score (nSPS) is 12.7. The van der Waals surface area contributed by atoms with Gasteiger partial charge in [0, 0.05) is 17.3 Å². The molecule has 20 heavy (non-hydrogen) atoms. The summed E-state index contributed by atoms with van der Waals surface area (Å²) in [5.74, 6) is -0.829. The van der Waals surface area contributed by atoms with Gasteiger partial charge in [0.25, 0.3) is 0 Å². The van der Waals surface area contributed by atoms with E-state index in [1.807, 2.05) is 24.3 Å². The Labute approximate surface area is 123 Å². The summed E-state index contributed by atoms with van der Waals surface area (Å²) >= 11 is 1.36. The highest BCUT2D eigenvalue weighted by Crippen LogP contribution is 2.31. The number of hydrogen-bond donors (Lipinski definition) is 2. The summed E-state index contributed by atoms with van der Waals surface area (Å²) < 4.78 is 1.04. The van der Waals surface area contributed by atoms with Crippen LogP contribution in [0.25, 0.3) is 10.1 Å². The van der Waals surface area contributed by atoms with Gasteiger partial charge in [0.15, 0.2) is 0 Å². The summed E-state index contributed by atoms with van der Waals surface area (Å²) in [6.45, 7) is 4.96. The van der Waals surface area contributed by atoms with Gasteiger partial charge in [-0.3, -0.25) is 0 Å². The summed E-state index contributed by atoms with van der Waals surface area (Å²) in [5, 5.41) is 13.9. The largest absolute Gasteiger partial charge is 0.477 e. The van der Waals surface area contributed by atoms with Gasteiger partial charge in [-0.2, -0.15) is 0 Å². The van der Waals surface area contributed by atoms with Gasteiger partial charge in [0.2, 0.25) is 0 Å². The lowest BCUT2D eigenvalue weighted by molar-refractivity contribution is 0.0701. The lowest BCUT2D eigenvalue weighted by Crippen LogP contribution is -2.25. The minimum Gasteiger partial charge on any atom is -0.477 e. The van der Waals surface area contributed by atoms with E-state index in [0.717, 1.165) is 22.1 Å². The second-order valence-electron chi connectivity index (χ2n) is 5.14. The number of unbranched alkanes of at least 4 members (excludes halogenated alkanes) is 1. The van der Waals surface area contributed by atoms with Crippen molar-refractivity contribution in [2.75, 3.05) is 0 Å². The van der Waals surface area contributed by atoms with Crippen LogP contribution in [-0.2, 0) is 6.54 Å². The number of aromatic carboxylic acids is 1. The van der Waals surface area contributed by atoms with Crippen LogP contribution in [0.3, 0.4) is 0 Å². The first-order valence-electron chi connectivity index (χ1n) is 7.10. The van der Waals surface area contributed by atoms with Gasteiger partial charge in [-0.15, -0.1) is 11.3 Å². The van der Waals surface area contributed by atoms with Crippen molar-refractivity contribution < 1.29 is 9.90 Å². The van der Waals surface area contributed by atoms with Crippen LogP contribution < -0.4 is 5.32 Å². The van der Waals surface area contributed by atoms with Crippen molar-refractivity contribution in [1.29, 1.82) is 0 Å². The fraction of sp³-hybridized carbons (Fsp3) is 0.438. The summed E-state index contributed by atoms with van der Waals surface area (Å²) in [7, 11) is 0. The van der Waals surface area contributed by atoms with E-state index in [1.165, 1.54) is 24.2 Å². The second-order valence-corrected chi connectivity index (χ2v) is 6.19. The molecule has 1 unspecified atom stereocenters. The van der Waals surface area contributed by atoms with E-state index in [9.17, 15) is 9.90 Å². The van der Waals surface area contributed by atoms with Gasteiger partial charge in [-0.05, 0) is 30.4 Å². The fourth-order valence-electron chi connectivity index (χ4n) is 2.34. The van der Waals surface area contributed by atoms with Crippen LogP contribution in [0.15, 0.2) is 24.3 Å². The summed E-state index contributed by atoms with van der Waals surface area (Å²) in [6, 6.07) is 8.31. The molecule has 1 atom stereocenters. The van der Waals surface area contributed by atoms with Crippen LogP contribution in [-0.4, -0.2) is 17.1 Å². The monoisotopic (exact) mass is 291 g/mol. The van der Waals surface area contributed by atoms with E-state index < -0.39 is 5.97 Å². The Morgan fingerprint density at radius 2 is 2.15 bits per heavy atom. The quantitative estimate of drug-likeness (QED) is 0.801. The van der Waals surface area contributed by atoms with Crippen molar-refractivity contribution in [2.45, 2.75) is 45.7 Å². The maximum atomic E-state index is 11.4. The Balaban J connectivity index is 2.19. The second kappa shape index (κ2) is 6.86. The molecule has 2 N–H and O–H groups in total. The molecule has 1 aromatic heterocycles. The molecule has 0 saturated heterocycles. The molecule has 0 bridgehead atoms. The molecule has 1 heterocycles. The lowest BCUT2D eigenvalue weighted by atomic mass is 10.1. The van der Waals surface area contributed by atoms with E-state index in [4.69, 9.17) is 0 Å². The van der Waals surface area contributed by atoms with Gasteiger partial charge in [0.05, 0.1) is 0 Å². The third-order valence-corrected chi connectivity index (χ3v) is 4.71. The van der Waals surface area contributed by atoms with Gasteiger partial charge < -0.3 is 10.4 Å². The number of rotatable bonds is 7. The third kappa shape index (κ3) is 3.38. The van der Waals surface area contributed by atoms with Crippen LogP contribution in [0.5, 0.6) is 0 Å². The van der Waals surface area contributed by atoms with Gasteiger partial charge in [-0.25, -0.2) is 4.79 Å². The zero-order valence-electron chi connectivity index (χ0n) is 12.0. The van der Waals surface area contributed by atoms with Gasteiger partial charge >= 0.3 is 5.97 Å². The smallest absolute Gasteiger partial charge is 0.346 e. The van der Waals surface area contributed by atoms with Crippen molar-refractivity contribution in [3.05, 3.63) is 34.7 Å². The predicted octanol–water partition coefficient (Wildman–Crippen LogP) is 4.27. The van der Waals surface area contributed by atoms with Crippen molar-refractivity contribution in [1.82, 2.24) is 5.32 Å². The molecule has 0 fully saturated rings. The Kier molecular flexibility index (Phi) is 5.15. The Bertz CT molecular complexity index is 591. The highest BCUT2D eigenvalue weighted by molar-refractivity contribution is 7.21. The van der Waals surface area contributed by atoms with Crippen LogP contribution >= 0.6 is 11.3 Å². The van der Waals surface area contributed by atoms with E-state index in [0.29, 0.717) is 17.5 Å². The van der Waals surface area contributed by atoms with E-state index in [-0.39, 0.29) is 0 Å². The van der Waals surface area contributed by atoms with Gasteiger partial charge in [-0.1, -0.05) is 38.0 Å². The molecule has 1 aromatic carbocycles. The molecule has 0 aliphatic heterocycles. The molecule has 0 aliphatic rings. The Morgan fingerprint density at radius 1 is 1.40 bits per heavy atom. The molecular formula is C16H21NO2S. The summed E-state index contributed by atoms with van der Waals surface area (Å²) in [6.07, 6.45) is 3.51. The molecule has 4 heteroatoms. The number of carbonyl (C=O) groups is 1. The zero-order valence-corrected chi connectivity index (χ0v) is 12.8. The number of carboxylic acid groups (broad SMARTS) is 1. The standard InChI is InChI=1S/C16H21NO2S/c1-3-4-7-11(2)17-10-13-12-8-5-6-9-14(12)20-15(13)16(18)19/h5-6,8-9,11,17H,3-4,7,10H2,1-2H3,(H,18,19). The molecule has 2 aromatic rings. The average molecular weight is 291 g/mol. The fourth-order valence-corrected chi connectivity index (χ4v) is 3.40. The number of hydrogen-bond acceptors (Lipinski definition) is 3. The zero-order chi connectivity index (χ0) is 14.5. The number of carboxylic acids is 1. The van der Waals surface area contributed by atoms with Gasteiger partial charge in [0.1, 0.15) is 4.88 Å². The first-order chi connectivity index (χ1) is 9.63. The van der Waals surface area contributed by atoms with Crippen LogP contribution in [0, 0.1) is 0 Å². The molecule has 0 amide bonds. The minimum absolute atomic E-state index is 0.412. The molecular weight excluding hydrogens is 270 g/mol. The molecule has 0 saturated carbocycles. The molecule has 0 radical (unpaired) electrons. The number of benzene rings is 1. The van der Waals surface area contributed by atoms with E-state index >= 15 is 0 Å². The van der Waals surface area contributed by atoms with Crippen LogP contribution in [0.2, 0.25) is 0 Å². The van der Waals surface area contributed by atoms with E-state index in [2.05, 4.69) is 19.2 Å². The first-order valence-corrected chi connectivity index (χ1v) is 7.92. The number of nitrogens with one attached hydrogen (secondary N) is 1. The molecule has 2 rings (SSSR count). The average Bonchev–Trinajstić information content (AvgIpc) is 2.82. The number of fused-ring (bicyclic) bond motifs is 1. The van der Waals surface area contributed by atoms with E-state index in [1.54, 1.807) is 0 Å². The van der Waals surface area contributed by atoms with Crippen LogP contribution in [0.1, 0.15) is 48.3 Å². The first kappa shape index (κ1) is 15.0. The van der Waals surface area contributed by atoms with Crippen molar-refractivity contribution >= 4 is 27.4 Å². The lowest BCUT2D eigenvalue weighted by Gasteiger charge is -2.13. The topological polar surface area (TPSA) is 49.3 Å². The summed E-state index contributed by atoms with van der Waals surface area (Å²) in [4.78, 5) is 11.9. The maximum absolute atomic E-state index is 11.4. The SMILES string of the molecule is CCCCC(C)NCc1c(C(=O)O)sc2ccccc12. The highest BCUT2D eigenvalue weighted by atomic mass is 32.1. The highest BCUT2D eigenvalue weighted by Gasteiger charge is 2.17. The van der Waals surface area contributed by atoms with Crippen molar-refractivity contribution in [3.8, 4) is 0 Å². The Morgan fingerprint density at radius 3 is 2.85 bits per heavy atom.